The molecule has 5 heteroatoms. The highest BCUT2D eigenvalue weighted by molar-refractivity contribution is 6.31. The van der Waals surface area contributed by atoms with E-state index in [0.29, 0.717) is 16.4 Å². The number of hydrogen-bond donors (Lipinski definition) is 1. The third-order valence-electron chi connectivity index (χ3n) is 3.52. The lowest BCUT2D eigenvalue weighted by Gasteiger charge is -2.19. The lowest BCUT2D eigenvalue weighted by atomic mass is 10.1. The first-order valence-corrected chi connectivity index (χ1v) is 7.22. The second-order valence-electron chi connectivity index (χ2n) is 5.03. The number of furan rings is 1. The van der Waals surface area contributed by atoms with E-state index in [1.165, 1.54) is 0 Å². The van der Waals surface area contributed by atoms with Crippen molar-refractivity contribution in [2.45, 2.75) is 6.92 Å². The predicted molar refractivity (Wildman–Crippen MR) is 88.3 cm³/mol. The Morgan fingerprint density at radius 3 is 2.64 bits per heavy atom. The summed E-state index contributed by atoms with van der Waals surface area (Å²) in [6.45, 7) is 1.85. The van der Waals surface area contributed by atoms with Crippen LogP contribution in [0, 0.1) is 6.92 Å². The number of aryl methyl sites for hydroxylation is 1. The van der Waals surface area contributed by atoms with Gasteiger partial charge >= 0.3 is 5.91 Å². The van der Waals surface area contributed by atoms with Crippen molar-refractivity contribution in [3.8, 4) is 0 Å². The number of anilines is 1. The minimum atomic E-state index is -0.295. The Labute approximate surface area is 133 Å². The summed E-state index contributed by atoms with van der Waals surface area (Å²) >= 11 is 5.99. The van der Waals surface area contributed by atoms with Gasteiger partial charge in [-0.2, -0.15) is 0 Å². The zero-order valence-electron chi connectivity index (χ0n) is 12.3. The molecule has 0 radical (unpaired) electrons. The smallest absolute Gasteiger partial charge is 0.305 e. The van der Waals surface area contributed by atoms with Gasteiger partial charge in [-0.05, 0) is 37.3 Å². The normalized spacial score (nSPS) is 10.7. The van der Waals surface area contributed by atoms with Crippen molar-refractivity contribution < 1.29 is 9.21 Å². The van der Waals surface area contributed by atoms with Crippen LogP contribution in [0.2, 0.25) is 5.02 Å². The quantitative estimate of drug-likeness (QED) is 0.738. The lowest BCUT2D eigenvalue weighted by molar-refractivity contribution is 0.0925. The number of para-hydroxylation sites is 1. The summed E-state index contributed by atoms with van der Waals surface area (Å²) in [5, 5.41) is 3.12. The van der Waals surface area contributed by atoms with Crippen LogP contribution in [-0.4, -0.2) is 13.0 Å². The number of carbonyl (C=O) groups is 1. The van der Waals surface area contributed by atoms with Crippen LogP contribution in [0.3, 0.4) is 0 Å². The Morgan fingerprint density at radius 2 is 1.91 bits per heavy atom. The SMILES string of the molecule is Cc1c(C(=O)NN(C)c2ccccc2)oc2ccc(Cl)cc12. The van der Waals surface area contributed by atoms with Crippen LogP contribution in [0.4, 0.5) is 5.69 Å². The monoisotopic (exact) mass is 314 g/mol. The molecule has 0 aliphatic rings. The fourth-order valence-electron chi connectivity index (χ4n) is 2.33. The summed E-state index contributed by atoms with van der Waals surface area (Å²) in [7, 11) is 1.78. The molecule has 22 heavy (non-hydrogen) atoms. The Bertz CT molecular complexity index is 827. The number of nitrogens with one attached hydrogen (secondary N) is 1. The van der Waals surface area contributed by atoms with Crippen molar-refractivity contribution in [1.82, 2.24) is 5.43 Å². The number of amides is 1. The van der Waals surface area contributed by atoms with Gasteiger partial charge in [0.1, 0.15) is 5.58 Å². The molecule has 0 atom stereocenters. The van der Waals surface area contributed by atoms with Gasteiger partial charge < -0.3 is 4.42 Å². The number of benzene rings is 2. The van der Waals surface area contributed by atoms with Gasteiger partial charge in [-0.25, -0.2) is 0 Å². The van der Waals surface area contributed by atoms with E-state index in [0.717, 1.165) is 16.6 Å². The Kier molecular flexibility index (Phi) is 3.77. The van der Waals surface area contributed by atoms with Gasteiger partial charge in [0.15, 0.2) is 5.76 Å². The standard InChI is InChI=1S/C17H15ClN2O2/c1-11-14-10-12(18)8-9-15(14)22-16(11)17(21)19-20(2)13-6-4-3-5-7-13/h3-10H,1-2H3,(H,19,21). The molecule has 0 aliphatic carbocycles. The van der Waals surface area contributed by atoms with Crippen molar-refractivity contribution in [3.05, 3.63) is 64.9 Å². The molecule has 0 saturated heterocycles. The molecule has 1 heterocycles. The van der Waals surface area contributed by atoms with Crippen LogP contribution in [0.1, 0.15) is 16.1 Å². The molecular formula is C17H15ClN2O2. The van der Waals surface area contributed by atoms with Crippen LogP contribution < -0.4 is 10.4 Å². The molecule has 3 rings (SSSR count). The van der Waals surface area contributed by atoms with E-state index in [2.05, 4.69) is 5.43 Å². The minimum absolute atomic E-state index is 0.292. The maximum atomic E-state index is 12.4. The lowest BCUT2D eigenvalue weighted by Crippen LogP contribution is -2.39. The van der Waals surface area contributed by atoms with Crippen molar-refractivity contribution >= 4 is 34.2 Å². The summed E-state index contributed by atoms with van der Waals surface area (Å²) in [5.74, 6) is -0.00350. The van der Waals surface area contributed by atoms with Crippen LogP contribution in [0.5, 0.6) is 0 Å². The maximum absolute atomic E-state index is 12.4. The van der Waals surface area contributed by atoms with E-state index < -0.39 is 0 Å². The first kappa shape index (κ1) is 14.5. The fourth-order valence-corrected chi connectivity index (χ4v) is 2.50. The number of carbonyl (C=O) groups excluding carboxylic acids is 1. The van der Waals surface area contributed by atoms with Crippen molar-refractivity contribution in [2.24, 2.45) is 0 Å². The van der Waals surface area contributed by atoms with E-state index in [4.69, 9.17) is 16.0 Å². The topological polar surface area (TPSA) is 45.5 Å². The van der Waals surface area contributed by atoms with Gasteiger partial charge in [-0.15, -0.1) is 0 Å². The highest BCUT2D eigenvalue weighted by Gasteiger charge is 2.19. The molecule has 0 saturated carbocycles. The molecule has 2 aromatic carbocycles. The average Bonchev–Trinajstić information content (AvgIpc) is 2.85. The molecule has 0 unspecified atom stereocenters. The molecule has 1 N–H and O–H groups in total. The van der Waals surface area contributed by atoms with E-state index in [-0.39, 0.29) is 5.91 Å². The third kappa shape index (κ3) is 2.65. The number of hydrazine groups is 1. The van der Waals surface area contributed by atoms with Crippen LogP contribution in [0.15, 0.2) is 52.9 Å². The summed E-state index contributed by atoms with van der Waals surface area (Å²) in [6, 6.07) is 14.9. The first-order chi connectivity index (χ1) is 10.6. The van der Waals surface area contributed by atoms with Gasteiger partial charge in [0.05, 0.1) is 5.69 Å². The fraction of sp³-hybridized carbons (Fsp3) is 0.118. The minimum Gasteiger partial charge on any atom is -0.451 e. The Morgan fingerprint density at radius 1 is 1.18 bits per heavy atom. The van der Waals surface area contributed by atoms with Crippen LogP contribution >= 0.6 is 11.6 Å². The maximum Gasteiger partial charge on any atom is 0.305 e. The molecule has 3 aromatic rings. The van der Waals surface area contributed by atoms with Crippen LogP contribution in [0.25, 0.3) is 11.0 Å². The zero-order chi connectivity index (χ0) is 15.7. The highest BCUT2D eigenvalue weighted by atomic mass is 35.5. The first-order valence-electron chi connectivity index (χ1n) is 6.84. The molecule has 0 aliphatic heterocycles. The third-order valence-corrected chi connectivity index (χ3v) is 3.75. The molecule has 1 aromatic heterocycles. The van der Waals surface area contributed by atoms with E-state index in [1.807, 2.05) is 37.3 Å². The largest absolute Gasteiger partial charge is 0.451 e. The summed E-state index contributed by atoms with van der Waals surface area (Å²) in [4.78, 5) is 12.4. The molecule has 4 nitrogen and oxygen atoms in total. The summed E-state index contributed by atoms with van der Waals surface area (Å²) < 4.78 is 5.66. The molecule has 112 valence electrons. The van der Waals surface area contributed by atoms with Crippen molar-refractivity contribution in [2.75, 3.05) is 12.1 Å². The van der Waals surface area contributed by atoms with Gasteiger partial charge in [0, 0.05) is 23.0 Å². The zero-order valence-corrected chi connectivity index (χ0v) is 13.0. The highest BCUT2D eigenvalue weighted by Crippen LogP contribution is 2.27. The molecule has 0 bridgehead atoms. The second kappa shape index (κ2) is 5.73. The van der Waals surface area contributed by atoms with Gasteiger partial charge in [-0.1, -0.05) is 29.8 Å². The summed E-state index contributed by atoms with van der Waals surface area (Å²) in [6.07, 6.45) is 0. The molecule has 0 spiro atoms. The molecule has 1 amide bonds. The van der Waals surface area contributed by atoms with Gasteiger partial charge in [0.2, 0.25) is 0 Å². The van der Waals surface area contributed by atoms with Crippen molar-refractivity contribution in [3.63, 3.8) is 0 Å². The number of nitrogens with zero attached hydrogens (tertiary/aromatic N) is 1. The number of rotatable bonds is 3. The number of hydrogen-bond acceptors (Lipinski definition) is 3. The number of halogens is 1. The average molecular weight is 315 g/mol. The Hall–Kier alpha value is -2.46. The van der Waals surface area contributed by atoms with Crippen LogP contribution in [-0.2, 0) is 0 Å². The van der Waals surface area contributed by atoms with E-state index in [1.54, 1.807) is 30.3 Å². The predicted octanol–water partition coefficient (Wildman–Crippen LogP) is 4.18. The van der Waals surface area contributed by atoms with Gasteiger partial charge in [-0.3, -0.25) is 15.2 Å². The molecule has 0 fully saturated rings. The number of fused-ring (bicyclic) bond motifs is 1. The second-order valence-corrected chi connectivity index (χ2v) is 5.47. The van der Waals surface area contributed by atoms with Gasteiger partial charge in [0.25, 0.3) is 0 Å². The summed E-state index contributed by atoms with van der Waals surface area (Å²) in [5.41, 5.74) is 5.10. The van der Waals surface area contributed by atoms with E-state index in [9.17, 15) is 4.79 Å². The Balaban J connectivity index is 1.88. The van der Waals surface area contributed by atoms with Crippen molar-refractivity contribution in [1.29, 1.82) is 0 Å². The molecular weight excluding hydrogens is 300 g/mol. The van der Waals surface area contributed by atoms with E-state index >= 15 is 0 Å².